The number of carbonyl (C=O) groups is 3. The summed E-state index contributed by atoms with van der Waals surface area (Å²) in [5, 5.41) is 2.95. The number of likely N-dealkylation sites (tertiary alicyclic amines) is 1. The predicted octanol–water partition coefficient (Wildman–Crippen LogP) is 4.79. The molecule has 3 amide bonds. The molecule has 0 aromatic heterocycles. The van der Waals surface area contributed by atoms with E-state index in [-0.39, 0.29) is 23.6 Å². The van der Waals surface area contributed by atoms with Crippen LogP contribution in [-0.4, -0.2) is 66.8 Å². The third kappa shape index (κ3) is 6.87. The van der Waals surface area contributed by atoms with Gasteiger partial charge in [-0.25, -0.2) is 4.39 Å². The quantitative estimate of drug-likeness (QED) is 0.609. The van der Waals surface area contributed by atoms with E-state index in [0.29, 0.717) is 49.4 Å². The average Bonchev–Trinajstić information content (AvgIpc) is 3.14. The van der Waals surface area contributed by atoms with E-state index in [1.54, 1.807) is 23.1 Å². The Morgan fingerprint density at radius 1 is 0.838 bits per heavy atom. The second-order valence-electron chi connectivity index (χ2n) is 10.4. The Hall–Kier alpha value is -3.42. The molecule has 198 valence electrons. The van der Waals surface area contributed by atoms with Gasteiger partial charge in [0.1, 0.15) is 5.82 Å². The topological polar surface area (TPSA) is 73.0 Å². The van der Waals surface area contributed by atoms with Gasteiger partial charge in [-0.3, -0.25) is 14.4 Å². The summed E-state index contributed by atoms with van der Waals surface area (Å²) in [5.74, 6) is -0.464. The maximum atomic E-state index is 13.7. The van der Waals surface area contributed by atoms with Gasteiger partial charge in [0, 0.05) is 62.6 Å². The van der Waals surface area contributed by atoms with E-state index in [1.807, 2.05) is 30.9 Å². The number of nitrogens with one attached hydrogen (secondary N) is 1. The Bertz CT molecular complexity index is 1130. The maximum absolute atomic E-state index is 13.7. The number of anilines is 2. The highest BCUT2D eigenvalue weighted by atomic mass is 19.1. The molecule has 4 rings (SSSR count). The van der Waals surface area contributed by atoms with Gasteiger partial charge in [-0.05, 0) is 68.0 Å². The lowest BCUT2D eigenvalue weighted by Crippen LogP contribution is -2.38. The fraction of sp³-hybridized carbons (Fsp3) is 0.483. The molecule has 2 saturated heterocycles. The number of hydrogen-bond acceptors (Lipinski definition) is 4. The van der Waals surface area contributed by atoms with E-state index in [4.69, 9.17) is 0 Å². The van der Waals surface area contributed by atoms with Gasteiger partial charge in [0.05, 0.1) is 5.56 Å². The van der Waals surface area contributed by atoms with Gasteiger partial charge in [0.15, 0.2) is 0 Å². The molecule has 0 atom stereocenters. The van der Waals surface area contributed by atoms with Crippen molar-refractivity contribution in [1.29, 1.82) is 0 Å². The molecular weight excluding hydrogens is 471 g/mol. The van der Waals surface area contributed by atoms with Crippen molar-refractivity contribution in [3.63, 3.8) is 0 Å². The number of carbonyl (C=O) groups excluding carboxylic acids is 3. The zero-order valence-corrected chi connectivity index (χ0v) is 21.8. The Labute approximate surface area is 218 Å². The van der Waals surface area contributed by atoms with Crippen LogP contribution in [0.2, 0.25) is 0 Å². The lowest BCUT2D eigenvalue weighted by atomic mass is 10.1. The van der Waals surface area contributed by atoms with Gasteiger partial charge in [0.2, 0.25) is 5.91 Å². The SMILES string of the molecule is CC(C)CC(=O)Nc1ccc(N2CCCN(C(=O)c3cccc(F)c3)CC2)c(C(=O)N2CCCCC2)c1. The first-order chi connectivity index (χ1) is 17.8. The first-order valence-electron chi connectivity index (χ1n) is 13.3. The van der Waals surface area contributed by atoms with E-state index in [9.17, 15) is 18.8 Å². The van der Waals surface area contributed by atoms with Crippen molar-refractivity contribution in [2.24, 2.45) is 5.92 Å². The number of hydrogen-bond donors (Lipinski definition) is 1. The predicted molar refractivity (Wildman–Crippen MR) is 143 cm³/mol. The highest BCUT2D eigenvalue weighted by molar-refractivity contribution is 6.02. The Morgan fingerprint density at radius 3 is 2.30 bits per heavy atom. The summed E-state index contributed by atoms with van der Waals surface area (Å²) in [6.07, 6.45) is 4.26. The van der Waals surface area contributed by atoms with Gasteiger partial charge < -0.3 is 20.0 Å². The van der Waals surface area contributed by atoms with Crippen LogP contribution in [-0.2, 0) is 4.79 Å². The first-order valence-corrected chi connectivity index (χ1v) is 13.3. The second kappa shape index (κ2) is 12.2. The van der Waals surface area contributed by atoms with Gasteiger partial charge >= 0.3 is 0 Å². The highest BCUT2D eigenvalue weighted by Crippen LogP contribution is 2.28. The molecule has 0 bridgehead atoms. The fourth-order valence-corrected chi connectivity index (χ4v) is 5.08. The van der Waals surface area contributed by atoms with Crippen molar-refractivity contribution in [3.05, 3.63) is 59.4 Å². The van der Waals surface area contributed by atoms with E-state index in [0.717, 1.165) is 44.5 Å². The standard InChI is InChI=1S/C29H37FN4O3/c1-21(2)18-27(35)31-24-10-11-26(25(20-24)29(37)33-12-4-3-5-13-33)32-14-7-15-34(17-16-32)28(36)22-8-6-9-23(30)19-22/h6,8-11,19-21H,3-5,7,12-18H2,1-2H3,(H,31,35). The summed E-state index contributed by atoms with van der Waals surface area (Å²) in [4.78, 5) is 44.8. The molecule has 2 aliphatic heterocycles. The Balaban J connectivity index is 1.55. The number of rotatable bonds is 6. The average molecular weight is 509 g/mol. The number of benzene rings is 2. The molecule has 0 saturated carbocycles. The molecule has 2 fully saturated rings. The Morgan fingerprint density at radius 2 is 1.57 bits per heavy atom. The lowest BCUT2D eigenvalue weighted by Gasteiger charge is -2.30. The van der Waals surface area contributed by atoms with Crippen molar-refractivity contribution < 1.29 is 18.8 Å². The monoisotopic (exact) mass is 508 g/mol. The van der Waals surface area contributed by atoms with Crippen LogP contribution < -0.4 is 10.2 Å². The van der Waals surface area contributed by atoms with Crippen LogP contribution in [0.5, 0.6) is 0 Å². The molecule has 2 heterocycles. The molecule has 37 heavy (non-hydrogen) atoms. The zero-order valence-electron chi connectivity index (χ0n) is 21.8. The van der Waals surface area contributed by atoms with E-state index < -0.39 is 5.82 Å². The summed E-state index contributed by atoms with van der Waals surface area (Å²) in [5.41, 5.74) is 2.36. The van der Waals surface area contributed by atoms with Crippen LogP contribution in [0.25, 0.3) is 0 Å². The number of piperidine rings is 1. The number of halogens is 1. The van der Waals surface area contributed by atoms with Gasteiger partial charge in [-0.1, -0.05) is 19.9 Å². The normalized spacial score (nSPS) is 16.5. The summed E-state index contributed by atoms with van der Waals surface area (Å²) >= 11 is 0. The minimum Gasteiger partial charge on any atom is -0.369 e. The van der Waals surface area contributed by atoms with Crippen LogP contribution in [0, 0.1) is 11.7 Å². The van der Waals surface area contributed by atoms with Crippen molar-refractivity contribution in [2.45, 2.75) is 46.0 Å². The summed E-state index contributed by atoms with van der Waals surface area (Å²) in [7, 11) is 0. The van der Waals surface area contributed by atoms with Crippen molar-refractivity contribution in [2.75, 3.05) is 49.5 Å². The van der Waals surface area contributed by atoms with Crippen LogP contribution in [0.3, 0.4) is 0 Å². The van der Waals surface area contributed by atoms with Crippen molar-refractivity contribution in [1.82, 2.24) is 9.80 Å². The van der Waals surface area contributed by atoms with Crippen LogP contribution >= 0.6 is 0 Å². The van der Waals surface area contributed by atoms with Gasteiger partial charge in [-0.2, -0.15) is 0 Å². The maximum Gasteiger partial charge on any atom is 0.256 e. The molecule has 0 radical (unpaired) electrons. The van der Waals surface area contributed by atoms with E-state index in [2.05, 4.69) is 10.2 Å². The molecule has 0 unspecified atom stereocenters. The molecule has 2 aromatic carbocycles. The minimum absolute atomic E-state index is 0.0217. The summed E-state index contributed by atoms with van der Waals surface area (Å²) in [6, 6.07) is 11.3. The fourth-order valence-electron chi connectivity index (χ4n) is 5.08. The zero-order chi connectivity index (χ0) is 26.4. The molecule has 2 aromatic rings. The molecule has 1 N–H and O–H groups in total. The molecule has 7 nitrogen and oxygen atoms in total. The van der Waals surface area contributed by atoms with Crippen molar-refractivity contribution >= 4 is 29.1 Å². The Kier molecular flexibility index (Phi) is 8.79. The second-order valence-corrected chi connectivity index (χ2v) is 10.4. The van der Waals surface area contributed by atoms with Gasteiger partial charge in [-0.15, -0.1) is 0 Å². The van der Waals surface area contributed by atoms with Gasteiger partial charge in [0.25, 0.3) is 11.8 Å². The number of nitrogens with zero attached hydrogens (tertiary/aromatic N) is 3. The minimum atomic E-state index is -0.427. The van der Waals surface area contributed by atoms with Crippen molar-refractivity contribution in [3.8, 4) is 0 Å². The number of amides is 3. The largest absolute Gasteiger partial charge is 0.369 e. The highest BCUT2D eigenvalue weighted by Gasteiger charge is 2.26. The first kappa shape index (κ1) is 26.6. The molecular formula is C29H37FN4O3. The summed E-state index contributed by atoms with van der Waals surface area (Å²) < 4.78 is 13.7. The third-order valence-electron chi connectivity index (χ3n) is 6.94. The molecule has 2 aliphatic rings. The van der Waals surface area contributed by atoms with Crippen LogP contribution in [0.1, 0.15) is 66.7 Å². The molecule has 0 aliphatic carbocycles. The summed E-state index contributed by atoms with van der Waals surface area (Å²) in [6.45, 7) is 7.73. The van der Waals surface area contributed by atoms with Crippen LogP contribution in [0.15, 0.2) is 42.5 Å². The lowest BCUT2D eigenvalue weighted by molar-refractivity contribution is -0.116. The van der Waals surface area contributed by atoms with Crippen LogP contribution in [0.4, 0.5) is 15.8 Å². The van der Waals surface area contributed by atoms with E-state index in [1.165, 1.54) is 12.1 Å². The molecule has 8 heteroatoms. The molecule has 0 spiro atoms. The smallest absolute Gasteiger partial charge is 0.256 e. The third-order valence-corrected chi connectivity index (χ3v) is 6.94. The van der Waals surface area contributed by atoms with E-state index >= 15 is 0 Å².